The van der Waals surface area contributed by atoms with Gasteiger partial charge in [0.2, 0.25) is 0 Å². The standard InChI is InChI=1S/C14H20F2N2/c15-13-2-1-12(14(16)9-13)5-8-17-6-3-11-4-7-18-10-11/h1-2,9,11,17-18H,3-8,10H2. The molecule has 100 valence electrons. The van der Waals surface area contributed by atoms with Crippen molar-refractivity contribution in [3.8, 4) is 0 Å². The smallest absolute Gasteiger partial charge is 0.129 e. The maximum absolute atomic E-state index is 13.3. The molecule has 1 aromatic carbocycles. The van der Waals surface area contributed by atoms with E-state index in [1.165, 1.54) is 25.0 Å². The Kier molecular flexibility index (Phi) is 5.08. The van der Waals surface area contributed by atoms with Gasteiger partial charge in [0.1, 0.15) is 11.6 Å². The summed E-state index contributed by atoms with van der Waals surface area (Å²) in [5.41, 5.74) is 0.575. The van der Waals surface area contributed by atoms with Crippen LogP contribution in [0.1, 0.15) is 18.4 Å². The molecule has 0 aromatic heterocycles. The number of rotatable bonds is 6. The fourth-order valence-corrected chi connectivity index (χ4v) is 2.34. The van der Waals surface area contributed by atoms with Crippen LogP contribution in [0.15, 0.2) is 18.2 Å². The van der Waals surface area contributed by atoms with Crippen LogP contribution in [0.4, 0.5) is 8.78 Å². The molecular formula is C14H20F2N2. The van der Waals surface area contributed by atoms with Gasteiger partial charge in [0.15, 0.2) is 0 Å². The molecule has 0 saturated carbocycles. The summed E-state index contributed by atoms with van der Waals surface area (Å²) in [6, 6.07) is 3.77. The summed E-state index contributed by atoms with van der Waals surface area (Å²) < 4.78 is 26.0. The SMILES string of the molecule is Fc1ccc(CCNCCC2CCNC2)c(F)c1. The van der Waals surface area contributed by atoms with E-state index in [0.29, 0.717) is 12.0 Å². The number of halogens is 2. The number of nitrogens with one attached hydrogen (secondary N) is 2. The summed E-state index contributed by atoms with van der Waals surface area (Å²) in [5.74, 6) is -0.185. The molecule has 1 fully saturated rings. The van der Waals surface area contributed by atoms with E-state index in [-0.39, 0.29) is 0 Å². The predicted octanol–water partition coefficient (Wildman–Crippen LogP) is 2.10. The quantitative estimate of drug-likeness (QED) is 0.760. The van der Waals surface area contributed by atoms with E-state index >= 15 is 0 Å². The third kappa shape index (κ3) is 4.03. The molecule has 0 spiro atoms. The van der Waals surface area contributed by atoms with Crippen LogP contribution in [0.2, 0.25) is 0 Å². The van der Waals surface area contributed by atoms with Gasteiger partial charge < -0.3 is 10.6 Å². The van der Waals surface area contributed by atoms with Crippen molar-refractivity contribution in [2.45, 2.75) is 19.3 Å². The first-order valence-electron chi connectivity index (χ1n) is 6.61. The zero-order chi connectivity index (χ0) is 12.8. The Morgan fingerprint density at radius 2 is 2.17 bits per heavy atom. The minimum atomic E-state index is -0.516. The zero-order valence-corrected chi connectivity index (χ0v) is 10.5. The van der Waals surface area contributed by atoms with Gasteiger partial charge in [0.05, 0.1) is 0 Å². The molecule has 4 heteroatoms. The van der Waals surface area contributed by atoms with Crippen molar-refractivity contribution in [2.24, 2.45) is 5.92 Å². The highest BCUT2D eigenvalue weighted by Crippen LogP contribution is 2.11. The maximum atomic E-state index is 13.3. The summed E-state index contributed by atoms with van der Waals surface area (Å²) in [4.78, 5) is 0. The van der Waals surface area contributed by atoms with Crippen molar-refractivity contribution in [1.82, 2.24) is 10.6 Å². The molecule has 1 aromatic rings. The van der Waals surface area contributed by atoms with Crippen molar-refractivity contribution in [1.29, 1.82) is 0 Å². The van der Waals surface area contributed by atoms with Crippen molar-refractivity contribution in [3.63, 3.8) is 0 Å². The van der Waals surface area contributed by atoms with Crippen molar-refractivity contribution in [2.75, 3.05) is 26.2 Å². The normalized spacial score (nSPS) is 19.3. The topological polar surface area (TPSA) is 24.1 Å². The van der Waals surface area contributed by atoms with Gasteiger partial charge in [-0.25, -0.2) is 8.78 Å². The Bertz CT molecular complexity index is 376. The third-order valence-electron chi connectivity index (χ3n) is 3.48. The second kappa shape index (κ2) is 6.81. The second-order valence-electron chi connectivity index (χ2n) is 4.88. The summed E-state index contributed by atoms with van der Waals surface area (Å²) in [6.07, 6.45) is 3.03. The van der Waals surface area contributed by atoms with Crippen LogP contribution in [0, 0.1) is 17.6 Å². The summed E-state index contributed by atoms with van der Waals surface area (Å²) >= 11 is 0. The minimum absolute atomic E-state index is 0.447. The molecule has 2 rings (SSSR count). The first-order valence-corrected chi connectivity index (χ1v) is 6.61. The number of hydrogen-bond acceptors (Lipinski definition) is 2. The third-order valence-corrected chi connectivity index (χ3v) is 3.48. The lowest BCUT2D eigenvalue weighted by Gasteiger charge is -2.09. The van der Waals surface area contributed by atoms with Gasteiger partial charge in [-0.15, -0.1) is 0 Å². The molecule has 1 aliphatic heterocycles. The Morgan fingerprint density at radius 1 is 1.28 bits per heavy atom. The Hall–Kier alpha value is -1.00. The molecule has 0 amide bonds. The fraction of sp³-hybridized carbons (Fsp3) is 0.571. The number of benzene rings is 1. The van der Waals surface area contributed by atoms with E-state index in [2.05, 4.69) is 10.6 Å². The Labute approximate surface area is 107 Å². The predicted molar refractivity (Wildman–Crippen MR) is 68.5 cm³/mol. The molecule has 1 aliphatic rings. The molecule has 1 atom stereocenters. The van der Waals surface area contributed by atoms with Gasteiger partial charge in [0, 0.05) is 6.07 Å². The Balaban J connectivity index is 1.62. The fourth-order valence-electron chi connectivity index (χ4n) is 2.34. The lowest BCUT2D eigenvalue weighted by Crippen LogP contribution is -2.22. The molecule has 0 bridgehead atoms. The molecule has 1 saturated heterocycles. The van der Waals surface area contributed by atoms with Crippen molar-refractivity contribution < 1.29 is 8.78 Å². The van der Waals surface area contributed by atoms with Gasteiger partial charge in [0.25, 0.3) is 0 Å². The average molecular weight is 254 g/mol. The van der Waals surface area contributed by atoms with E-state index in [9.17, 15) is 8.78 Å². The van der Waals surface area contributed by atoms with Crippen molar-refractivity contribution >= 4 is 0 Å². The van der Waals surface area contributed by atoms with Gasteiger partial charge in [-0.05, 0) is 63.0 Å². The zero-order valence-electron chi connectivity index (χ0n) is 10.5. The molecular weight excluding hydrogens is 234 g/mol. The van der Waals surface area contributed by atoms with E-state index < -0.39 is 11.6 Å². The summed E-state index contributed by atoms with van der Waals surface area (Å²) in [6.45, 7) is 3.96. The van der Waals surface area contributed by atoms with E-state index in [1.54, 1.807) is 0 Å². The molecule has 2 N–H and O–H groups in total. The van der Waals surface area contributed by atoms with Crippen LogP contribution in [0.5, 0.6) is 0 Å². The van der Waals surface area contributed by atoms with Crippen molar-refractivity contribution in [3.05, 3.63) is 35.4 Å². The summed E-state index contributed by atoms with van der Waals surface area (Å²) in [7, 11) is 0. The monoisotopic (exact) mass is 254 g/mol. The lowest BCUT2D eigenvalue weighted by molar-refractivity contribution is 0.499. The molecule has 1 unspecified atom stereocenters. The number of hydrogen-bond donors (Lipinski definition) is 2. The highest BCUT2D eigenvalue weighted by molar-refractivity contribution is 5.18. The molecule has 0 radical (unpaired) electrons. The largest absolute Gasteiger partial charge is 0.316 e. The van der Waals surface area contributed by atoms with Crippen LogP contribution < -0.4 is 10.6 Å². The van der Waals surface area contributed by atoms with Gasteiger partial charge in [-0.3, -0.25) is 0 Å². The average Bonchev–Trinajstić information content (AvgIpc) is 2.84. The van der Waals surface area contributed by atoms with E-state index in [4.69, 9.17) is 0 Å². The molecule has 2 nitrogen and oxygen atoms in total. The highest BCUT2D eigenvalue weighted by Gasteiger charge is 2.13. The van der Waals surface area contributed by atoms with E-state index in [0.717, 1.165) is 38.2 Å². The summed E-state index contributed by atoms with van der Waals surface area (Å²) in [5, 5.41) is 6.65. The minimum Gasteiger partial charge on any atom is -0.316 e. The lowest BCUT2D eigenvalue weighted by atomic mass is 10.1. The van der Waals surface area contributed by atoms with Gasteiger partial charge in [-0.2, -0.15) is 0 Å². The van der Waals surface area contributed by atoms with Crippen LogP contribution >= 0.6 is 0 Å². The molecule has 1 heterocycles. The molecule has 0 aliphatic carbocycles. The first-order chi connectivity index (χ1) is 8.75. The van der Waals surface area contributed by atoms with Crippen LogP contribution in [0.3, 0.4) is 0 Å². The molecule has 18 heavy (non-hydrogen) atoms. The Morgan fingerprint density at radius 3 is 2.89 bits per heavy atom. The second-order valence-corrected chi connectivity index (χ2v) is 4.88. The van der Waals surface area contributed by atoms with Gasteiger partial charge in [-0.1, -0.05) is 6.07 Å². The van der Waals surface area contributed by atoms with Crippen LogP contribution in [0.25, 0.3) is 0 Å². The van der Waals surface area contributed by atoms with E-state index in [1.807, 2.05) is 0 Å². The first kappa shape index (κ1) is 13.4. The van der Waals surface area contributed by atoms with Gasteiger partial charge >= 0.3 is 0 Å². The van der Waals surface area contributed by atoms with Crippen LogP contribution in [-0.2, 0) is 6.42 Å². The maximum Gasteiger partial charge on any atom is 0.129 e. The highest BCUT2D eigenvalue weighted by atomic mass is 19.1. The van der Waals surface area contributed by atoms with Crippen LogP contribution in [-0.4, -0.2) is 26.2 Å².